The minimum absolute atomic E-state index is 0.729. The van der Waals surface area contributed by atoms with Crippen LogP contribution in [0.5, 0.6) is 0 Å². The molecule has 0 aliphatic rings. The van der Waals surface area contributed by atoms with E-state index in [2.05, 4.69) is 4.99 Å². The van der Waals surface area contributed by atoms with Crippen LogP contribution in [0.15, 0.2) is 23.3 Å². The summed E-state index contributed by atoms with van der Waals surface area (Å²) in [6.07, 6.45) is 2.91. The molecule has 0 unspecified atom stereocenters. The van der Waals surface area contributed by atoms with Crippen LogP contribution in [0.2, 0.25) is 4.34 Å². The molecule has 1 aromatic heterocycles. The lowest BCUT2D eigenvalue weighted by molar-refractivity contribution is 0.565. The van der Waals surface area contributed by atoms with Gasteiger partial charge in [0.2, 0.25) is 6.08 Å². The predicted molar refractivity (Wildman–Crippen MR) is 51.1 cm³/mol. The molecule has 0 aliphatic carbocycles. The summed E-state index contributed by atoms with van der Waals surface area (Å²) in [6.45, 7) is 1.86. The normalized spacial score (nSPS) is 11.0. The second-order valence-electron chi connectivity index (χ2n) is 2.14. The van der Waals surface area contributed by atoms with E-state index in [-0.39, 0.29) is 0 Å². The van der Waals surface area contributed by atoms with E-state index < -0.39 is 0 Å². The van der Waals surface area contributed by atoms with Gasteiger partial charge in [0.15, 0.2) is 0 Å². The first kappa shape index (κ1) is 9.20. The van der Waals surface area contributed by atoms with Crippen molar-refractivity contribution in [1.82, 2.24) is 0 Å². The molecule has 0 amide bonds. The van der Waals surface area contributed by atoms with Crippen LogP contribution in [0.1, 0.15) is 11.8 Å². The zero-order valence-electron chi connectivity index (χ0n) is 6.37. The summed E-state index contributed by atoms with van der Waals surface area (Å²) in [5, 5.41) is 0. The van der Waals surface area contributed by atoms with Crippen molar-refractivity contribution in [2.75, 3.05) is 0 Å². The molecule has 1 heterocycles. The van der Waals surface area contributed by atoms with E-state index in [1.54, 1.807) is 0 Å². The molecule has 0 radical (unpaired) electrons. The summed E-state index contributed by atoms with van der Waals surface area (Å²) in [5.41, 5.74) is 0.912. The van der Waals surface area contributed by atoms with Crippen molar-refractivity contribution in [3.8, 4) is 0 Å². The molecular weight excluding hydrogens is 194 g/mol. The van der Waals surface area contributed by atoms with Gasteiger partial charge in [0.1, 0.15) is 0 Å². The third-order valence-corrected chi connectivity index (χ3v) is 2.64. The SMILES string of the molecule is CC(=CN=C=O)c1ccc(Cl)s1. The van der Waals surface area contributed by atoms with Crippen molar-refractivity contribution in [2.45, 2.75) is 6.92 Å². The molecule has 0 aromatic carbocycles. The summed E-state index contributed by atoms with van der Waals surface area (Å²) in [5.74, 6) is 0. The van der Waals surface area contributed by atoms with Crippen molar-refractivity contribution in [3.63, 3.8) is 0 Å². The number of carbonyl (C=O) groups excluding carboxylic acids is 1. The minimum Gasteiger partial charge on any atom is -0.211 e. The summed E-state index contributed by atoms with van der Waals surface area (Å²) in [6, 6.07) is 3.70. The van der Waals surface area contributed by atoms with Gasteiger partial charge >= 0.3 is 0 Å². The fourth-order valence-electron chi connectivity index (χ4n) is 0.713. The smallest absolute Gasteiger partial charge is 0.211 e. The standard InChI is InChI=1S/C8H6ClNOS/c1-6(4-10-5-11)7-2-3-8(9)12-7/h2-4H,1H3. The first-order valence-corrected chi connectivity index (χ1v) is 4.43. The maximum atomic E-state index is 9.79. The Morgan fingerprint density at radius 2 is 2.50 bits per heavy atom. The Labute approximate surface area is 79.2 Å². The highest BCUT2D eigenvalue weighted by molar-refractivity contribution is 7.17. The zero-order valence-corrected chi connectivity index (χ0v) is 7.95. The number of thiophene rings is 1. The van der Waals surface area contributed by atoms with Gasteiger partial charge < -0.3 is 0 Å². The van der Waals surface area contributed by atoms with Crippen LogP contribution in [0.3, 0.4) is 0 Å². The largest absolute Gasteiger partial charge is 0.239 e. The Bertz CT molecular complexity index is 350. The van der Waals surface area contributed by atoms with E-state index in [0.29, 0.717) is 0 Å². The quantitative estimate of drug-likeness (QED) is 0.532. The highest BCUT2D eigenvalue weighted by Crippen LogP contribution is 2.27. The lowest BCUT2D eigenvalue weighted by Gasteiger charge is -1.90. The van der Waals surface area contributed by atoms with Gasteiger partial charge in [0, 0.05) is 11.1 Å². The van der Waals surface area contributed by atoms with Gasteiger partial charge in [-0.2, -0.15) is 4.99 Å². The van der Waals surface area contributed by atoms with Crippen molar-refractivity contribution in [1.29, 1.82) is 0 Å². The number of allylic oxidation sites excluding steroid dienone is 1. The number of hydrogen-bond donors (Lipinski definition) is 0. The molecule has 0 spiro atoms. The maximum absolute atomic E-state index is 9.79. The average molecular weight is 200 g/mol. The summed E-state index contributed by atoms with van der Waals surface area (Å²) in [7, 11) is 0. The molecule has 0 bridgehead atoms. The molecule has 0 saturated heterocycles. The number of rotatable bonds is 2. The van der Waals surface area contributed by atoms with Gasteiger partial charge in [-0.25, -0.2) is 4.79 Å². The van der Waals surface area contributed by atoms with E-state index in [1.807, 2.05) is 19.1 Å². The number of halogens is 1. The van der Waals surface area contributed by atoms with Crippen LogP contribution in [-0.2, 0) is 4.79 Å². The molecule has 0 fully saturated rings. The molecule has 1 aromatic rings. The van der Waals surface area contributed by atoms with Crippen LogP contribution >= 0.6 is 22.9 Å². The van der Waals surface area contributed by atoms with E-state index in [9.17, 15) is 4.79 Å². The van der Waals surface area contributed by atoms with Crippen LogP contribution < -0.4 is 0 Å². The molecule has 2 nitrogen and oxygen atoms in total. The minimum atomic E-state index is 0.729. The molecule has 1 rings (SSSR count). The average Bonchev–Trinajstić information content (AvgIpc) is 2.47. The maximum Gasteiger partial charge on any atom is 0.239 e. The Hall–Kier alpha value is -0.890. The summed E-state index contributed by atoms with van der Waals surface area (Å²) < 4.78 is 0.729. The first-order chi connectivity index (χ1) is 5.74. The van der Waals surface area contributed by atoms with Crippen LogP contribution in [0.4, 0.5) is 0 Å². The molecular formula is C8H6ClNOS. The Balaban J connectivity index is 2.91. The summed E-state index contributed by atoms with van der Waals surface area (Å²) >= 11 is 7.18. The third kappa shape index (κ3) is 2.31. The lowest BCUT2D eigenvalue weighted by atomic mass is 10.3. The van der Waals surface area contributed by atoms with Crippen LogP contribution in [0.25, 0.3) is 5.57 Å². The van der Waals surface area contributed by atoms with Crippen molar-refractivity contribution < 1.29 is 4.79 Å². The third-order valence-electron chi connectivity index (χ3n) is 1.27. The van der Waals surface area contributed by atoms with Crippen molar-refractivity contribution in [3.05, 3.63) is 27.5 Å². The van der Waals surface area contributed by atoms with Gasteiger partial charge in [-0.15, -0.1) is 11.3 Å². The van der Waals surface area contributed by atoms with Crippen LogP contribution in [-0.4, -0.2) is 6.08 Å². The van der Waals surface area contributed by atoms with E-state index >= 15 is 0 Å². The number of hydrogen-bond acceptors (Lipinski definition) is 3. The highest BCUT2D eigenvalue weighted by Gasteiger charge is 1.98. The second kappa shape index (κ2) is 4.21. The van der Waals surface area contributed by atoms with Gasteiger partial charge in [0.05, 0.1) is 4.34 Å². The molecule has 12 heavy (non-hydrogen) atoms. The highest BCUT2D eigenvalue weighted by atomic mass is 35.5. The van der Waals surface area contributed by atoms with Gasteiger partial charge in [-0.1, -0.05) is 11.6 Å². The van der Waals surface area contributed by atoms with E-state index in [4.69, 9.17) is 11.6 Å². The lowest BCUT2D eigenvalue weighted by Crippen LogP contribution is -1.68. The van der Waals surface area contributed by atoms with Gasteiger partial charge in [-0.3, -0.25) is 0 Å². The molecule has 0 saturated carbocycles. The molecule has 62 valence electrons. The Morgan fingerprint density at radius 1 is 1.75 bits per heavy atom. The Kier molecular flexibility index (Phi) is 3.23. The topological polar surface area (TPSA) is 29.4 Å². The molecule has 4 heteroatoms. The second-order valence-corrected chi connectivity index (χ2v) is 3.85. The fourth-order valence-corrected chi connectivity index (χ4v) is 1.72. The number of isocyanates is 1. The molecule has 0 N–H and O–H groups in total. The molecule has 0 aliphatic heterocycles. The van der Waals surface area contributed by atoms with Crippen molar-refractivity contribution >= 4 is 34.6 Å². The van der Waals surface area contributed by atoms with Gasteiger partial charge in [-0.05, 0) is 24.6 Å². The van der Waals surface area contributed by atoms with E-state index in [1.165, 1.54) is 23.6 Å². The van der Waals surface area contributed by atoms with Crippen molar-refractivity contribution in [2.24, 2.45) is 4.99 Å². The first-order valence-electron chi connectivity index (χ1n) is 3.23. The van der Waals surface area contributed by atoms with Gasteiger partial charge in [0.25, 0.3) is 0 Å². The molecule has 0 atom stereocenters. The number of nitrogens with zero attached hydrogens (tertiary/aromatic N) is 1. The zero-order chi connectivity index (χ0) is 8.97. The Morgan fingerprint density at radius 3 is 3.00 bits per heavy atom. The fraction of sp³-hybridized carbons (Fsp3) is 0.125. The van der Waals surface area contributed by atoms with Crippen LogP contribution in [0, 0.1) is 0 Å². The number of aliphatic imine (C=N–C) groups is 1. The predicted octanol–water partition coefficient (Wildman–Crippen LogP) is 3.10. The monoisotopic (exact) mass is 199 g/mol. The van der Waals surface area contributed by atoms with E-state index in [0.717, 1.165) is 14.8 Å². The summed E-state index contributed by atoms with van der Waals surface area (Å²) in [4.78, 5) is 14.2.